The lowest BCUT2D eigenvalue weighted by Crippen LogP contribution is -2.15. The average Bonchev–Trinajstić information content (AvgIpc) is 3.24. The first-order valence-corrected chi connectivity index (χ1v) is 13.8. The van der Waals surface area contributed by atoms with Gasteiger partial charge in [0.1, 0.15) is 12.0 Å². The van der Waals surface area contributed by atoms with Gasteiger partial charge in [-0.25, -0.2) is 14.2 Å². The maximum Gasteiger partial charge on any atom is 0.530 e. The molecule has 0 saturated heterocycles. The standard InChI is InChI=1S/C20H32O12P2/c1-7-25-19(21)15-13-16(27-14-15)18(33(23,28-9-3)29-10-4)17(20(22)26-8-2)32-34(24,30-11-5)31-12-6/h13-14H,7-12H2,1-6H3. The van der Waals surface area contributed by atoms with E-state index in [1.807, 2.05) is 0 Å². The third-order valence-electron chi connectivity index (χ3n) is 3.67. The zero-order valence-corrected chi connectivity index (χ0v) is 22.0. The van der Waals surface area contributed by atoms with Crippen molar-refractivity contribution in [3.05, 3.63) is 29.4 Å². The van der Waals surface area contributed by atoms with Crippen molar-refractivity contribution in [2.45, 2.75) is 41.5 Å². The van der Waals surface area contributed by atoms with Gasteiger partial charge in [-0.2, -0.15) is 0 Å². The van der Waals surface area contributed by atoms with Gasteiger partial charge in [-0.1, -0.05) is 0 Å². The molecule has 34 heavy (non-hydrogen) atoms. The minimum Gasteiger partial charge on any atom is -0.463 e. The van der Waals surface area contributed by atoms with E-state index < -0.39 is 38.4 Å². The molecule has 1 aromatic heterocycles. The Labute approximate surface area is 199 Å². The van der Waals surface area contributed by atoms with E-state index in [-0.39, 0.29) is 51.0 Å². The van der Waals surface area contributed by atoms with Gasteiger partial charge in [-0.05, 0) is 47.6 Å². The van der Waals surface area contributed by atoms with E-state index in [1.165, 1.54) is 20.8 Å². The van der Waals surface area contributed by atoms with E-state index in [2.05, 4.69) is 0 Å². The smallest absolute Gasteiger partial charge is 0.463 e. The molecular weight excluding hydrogens is 494 g/mol. The number of phosphoric ester groups is 1. The Hall–Kier alpha value is -1.94. The molecule has 1 rings (SSSR count). The van der Waals surface area contributed by atoms with Crippen LogP contribution in [0.5, 0.6) is 0 Å². The molecule has 0 N–H and O–H groups in total. The number of rotatable bonds is 16. The van der Waals surface area contributed by atoms with Gasteiger partial charge in [0.05, 0.1) is 45.2 Å². The second kappa shape index (κ2) is 14.5. The number of furan rings is 1. The first-order valence-electron chi connectivity index (χ1n) is 10.8. The fourth-order valence-corrected chi connectivity index (χ4v) is 5.61. The van der Waals surface area contributed by atoms with E-state index in [1.54, 1.807) is 20.8 Å². The van der Waals surface area contributed by atoms with Crippen molar-refractivity contribution >= 4 is 32.7 Å². The SMILES string of the molecule is CCOC(=O)C(OP(=O)(OCC)OCC)=C(c1cc(C(=O)OCC)co1)P(=O)(OCC)OCC. The average molecular weight is 526 g/mol. The molecule has 0 unspecified atom stereocenters. The Morgan fingerprint density at radius 1 is 0.794 bits per heavy atom. The van der Waals surface area contributed by atoms with E-state index in [4.69, 9.17) is 36.5 Å². The molecule has 0 fully saturated rings. The predicted octanol–water partition coefficient (Wildman–Crippen LogP) is 5.15. The van der Waals surface area contributed by atoms with E-state index >= 15 is 0 Å². The van der Waals surface area contributed by atoms with Crippen LogP contribution in [0.4, 0.5) is 0 Å². The van der Waals surface area contributed by atoms with Crippen molar-refractivity contribution in [2.75, 3.05) is 39.6 Å². The van der Waals surface area contributed by atoms with Crippen molar-refractivity contribution < 1.29 is 55.2 Å². The van der Waals surface area contributed by atoms with Crippen molar-refractivity contribution in [1.29, 1.82) is 0 Å². The van der Waals surface area contributed by atoms with Crippen molar-refractivity contribution in [3.63, 3.8) is 0 Å². The van der Waals surface area contributed by atoms with Crippen LogP contribution < -0.4 is 0 Å². The molecule has 12 nitrogen and oxygen atoms in total. The van der Waals surface area contributed by atoms with Gasteiger partial charge in [-0.3, -0.25) is 13.6 Å². The molecular formula is C20H32O12P2. The van der Waals surface area contributed by atoms with Crippen LogP contribution in [-0.4, -0.2) is 51.6 Å². The maximum atomic E-state index is 13.8. The highest BCUT2D eigenvalue weighted by molar-refractivity contribution is 7.65. The summed E-state index contributed by atoms with van der Waals surface area (Å²) in [4.78, 5) is 25.1. The van der Waals surface area contributed by atoms with Gasteiger partial charge in [0, 0.05) is 0 Å². The summed E-state index contributed by atoms with van der Waals surface area (Å²) < 4.78 is 68.8. The van der Waals surface area contributed by atoms with Gasteiger partial charge in [0.25, 0.3) is 0 Å². The van der Waals surface area contributed by atoms with Gasteiger partial charge in [0.15, 0.2) is 5.31 Å². The minimum atomic E-state index is -4.38. The summed E-state index contributed by atoms with van der Waals surface area (Å²) >= 11 is 0. The second-order valence-electron chi connectivity index (χ2n) is 6.03. The second-order valence-corrected chi connectivity index (χ2v) is 9.58. The highest BCUT2D eigenvalue weighted by Crippen LogP contribution is 2.64. The molecule has 0 saturated carbocycles. The van der Waals surface area contributed by atoms with Crippen LogP contribution in [0.25, 0.3) is 5.31 Å². The summed E-state index contributed by atoms with van der Waals surface area (Å²) in [6, 6.07) is 1.16. The van der Waals surface area contributed by atoms with Gasteiger partial charge in [0.2, 0.25) is 5.76 Å². The molecule has 0 aliphatic rings. The lowest BCUT2D eigenvalue weighted by molar-refractivity contribution is -0.141. The molecule has 0 bridgehead atoms. The monoisotopic (exact) mass is 526 g/mol. The first kappa shape index (κ1) is 30.1. The summed E-state index contributed by atoms with van der Waals surface area (Å²) in [5, 5.41) is -0.551. The Morgan fingerprint density at radius 2 is 1.32 bits per heavy atom. The number of hydrogen-bond donors (Lipinski definition) is 0. The zero-order valence-electron chi connectivity index (χ0n) is 20.2. The Morgan fingerprint density at radius 3 is 1.79 bits per heavy atom. The summed E-state index contributed by atoms with van der Waals surface area (Å²) in [5.74, 6) is -3.02. The Bertz CT molecular complexity index is 916. The molecule has 194 valence electrons. The van der Waals surface area contributed by atoms with Crippen molar-refractivity contribution in [3.8, 4) is 0 Å². The summed E-state index contributed by atoms with van der Waals surface area (Å²) in [5.41, 5.74) is -0.0464. The molecule has 0 aliphatic carbocycles. The lowest BCUT2D eigenvalue weighted by Gasteiger charge is -2.23. The summed E-state index contributed by atoms with van der Waals surface area (Å²) in [7, 11) is -8.75. The molecule has 0 amide bonds. The number of hydrogen-bond acceptors (Lipinski definition) is 12. The molecule has 1 aromatic rings. The molecule has 0 radical (unpaired) electrons. The molecule has 0 spiro atoms. The lowest BCUT2D eigenvalue weighted by atomic mass is 10.3. The van der Waals surface area contributed by atoms with E-state index in [0.717, 1.165) is 12.3 Å². The molecule has 1 heterocycles. The van der Waals surface area contributed by atoms with Crippen LogP contribution in [0, 0.1) is 0 Å². The summed E-state index contributed by atoms with van der Waals surface area (Å²) in [6.07, 6.45) is 1.03. The highest BCUT2D eigenvalue weighted by Gasteiger charge is 2.43. The van der Waals surface area contributed by atoms with Crippen LogP contribution in [0.2, 0.25) is 0 Å². The third-order valence-corrected chi connectivity index (χ3v) is 7.39. The third kappa shape index (κ3) is 8.08. The van der Waals surface area contributed by atoms with Gasteiger partial charge < -0.3 is 27.5 Å². The van der Waals surface area contributed by atoms with E-state index in [0.29, 0.717) is 0 Å². The number of carbonyl (C=O) groups is 2. The zero-order chi connectivity index (χ0) is 25.8. The van der Waals surface area contributed by atoms with Crippen LogP contribution >= 0.6 is 15.4 Å². The van der Waals surface area contributed by atoms with E-state index in [9.17, 15) is 18.7 Å². The van der Waals surface area contributed by atoms with Gasteiger partial charge in [-0.15, -0.1) is 0 Å². The molecule has 0 aromatic carbocycles. The van der Waals surface area contributed by atoms with Crippen LogP contribution in [0.1, 0.15) is 57.7 Å². The number of carbonyl (C=O) groups excluding carboxylic acids is 2. The molecule has 0 atom stereocenters. The predicted molar refractivity (Wildman–Crippen MR) is 121 cm³/mol. The highest BCUT2D eigenvalue weighted by atomic mass is 31.2. The van der Waals surface area contributed by atoms with Crippen LogP contribution in [-0.2, 0) is 46.0 Å². The number of esters is 2. The fourth-order valence-electron chi connectivity index (χ4n) is 2.55. The van der Waals surface area contributed by atoms with Gasteiger partial charge >= 0.3 is 27.4 Å². The minimum absolute atomic E-state index is 0.0464. The summed E-state index contributed by atoms with van der Waals surface area (Å²) in [6.45, 7) is 8.92. The largest absolute Gasteiger partial charge is 0.530 e. The van der Waals surface area contributed by atoms with Crippen LogP contribution in [0.3, 0.4) is 0 Å². The Kier molecular flexibility index (Phi) is 12.8. The van der Waals surface area contributed by atoms with Crippen molar-refractivity contribution in [2.24, 2.45) is 0 Å². The maximum absolute atomic E-state index is 13.8. The fraction of sp³-hybridized carbons (Fsp3) is 0.600. The first-order chi connectivity index (χ1) is 16.1. The number of ether oxygens (including phenoxy) is 2. The molecule has 14 heteroatoms. The Balaban J connectivity index is 3.93. The topological polar surface area (TPSA) is 146 Å². The quantitative estimate of drug-likeness (QED) is 0.121. The van der Waals surface area contributed by atoms with Crippen molar-refractivity contribution in [1.82, 2.24) is 0 Å². The van der Waals surface area contributed by atoms with Crippen LogP contribution in [0.15, 0.2) is 22.5 Å². The number of phosphoric acid groups is 1. The molecule has 0 aliphatic heterocycles. The normalized spacial score (nSPS) is 12.8.